The lowest BCUT2D eigenvalue weighted by Gasteiger charge is -2.26. The maximum absolute atomic E-state index is 5.54. The van der Waals surface area contributed by atoms with E-state index in [1.807, 2.05) is 0 Å². The van der Waals surface area contributed by atoms with E-state index in [1.165, 1.54) is 30.6 Å². The lowest BCUT2D eigenvalue weighted by Crippen LogP contribution is -2.23. The summed E-state index contributed by atoms with van der Waals surface area (Å²) in [5.74, 6) is 0. The van der Waals surface area contributed by atoms with Crippen molar-refractivity contribution in [3.8, 4) is 0 Å². The van der Waals surface area contributed by atoms with Crippen molar-refractivity contribution in [2.45, 2.75) is 41.4 Å². The minimum absolute atomic E-state index is 0.418. The first-order valence-corrected chi connectivity index (χ1v) is 6.76. The number of anilines is 1. The Labute approximate surface area is 97.6 Å². The van der Waals surface area contributed by atoms with Crippen molar-refractivity contribution in [2.75, 3.05) is 12.8 Å². The van der Waals surface area contributed by atoms with Crippen LogP contribution in [0.15, 0.2) is 4.34 Å². The van der Waals surface area contributed by atoms with Gasteiger partial charge in [-0.15, -0.1) is 10.2 Å². The van der Waals surface area contributed by atoms with Crippen LogP contribution in [0.4, 0.5) is 5.13 Å². The molecule has 4 nitrogen and oxygen atoms in total. The van der Waals surface area contributed by atoms with Crippen LogP contribution in [0.3, 0.4) is 0 Å². The van der Waals surface area contributed by atoms with Crippen LogP contribution in [0, 0.1) is 0 Å². The summed E-state index contributed by atoms with van der Waals surface area (Å²) in [6, 6.07) is 0. The molecule has 0 spiro atoms. The van der Waals surface area contributed by atoms with Gasteiger partial charge >= 0.3 is 0 Å². The number of hydrogen-bond donors (Lipinski definition) is 1. The first kappa shape index (κ1) is 11.2. The standard InChI is InChI=1S/C9H15N3OS2/c1-13-6-3-2-4-7(5-6)14-9-12-11-8(10)15-9/h6-7H,2-5H2,1H3,(H2,10,11). The number of ether oxygens (including phenoxy) is 1. The Bertz CT molecular complexity index is 318. The molecule has 84 valence electrons. The Morgan fingerprint density at radius 2 is 2.33 bits per heavy atom. The van der Waals surface area contributed by atoms with Gasteiger partial charge in [0.15, 0.2) is 4.34 Å². The van der Waals surface area contributed by atoms with E-state index < -0.39 is 0 Å². The van der Waals surface area contributed by atoms with Crippen LogP contribution < -0.4 is 5.73 Å². The monoisotopic (exact) mass is 245 g/mol. The average Bonchev–Trinajstić information content (AvgIpc) is 2.64. The van der Waals surface area contributed by atoms with Crippen LogP contribution in [0.25, 0.3) is 0 Å². The van der Waals surface area contributed by atoms with Crippen LogP contribution in [-0.2, 0) is 4.74 Å². The van der Waals surface area contributed by atoms with E-state index in [0.717, 1.165) is 10.8 Å². The Hall–Kier alpha value is -0.330. The highest BCUT2D eigenvalue weighted by Crippen LogP contribution is 2.36. The van der Waals surface area contributed by atoms with E-state index >= 15 is 0 Å². The zero-order valence-electron chi connectivity index (χ0n) is 8.68. The van der Waals surface area contributed by atoms with Crippen LogP contribution in [-0.4, -0.2) is 28.7 Å². The third kappa shape index (κ3) is 3.06. The molecule has 6 heteroatoms. The van der Waals surface area contributed by atoms with Gasteiger partial charge in [0.25, 0.3) is 0 Å². The molecule has 2 rings (SSSR count). The van der Waals surface area contributed by atoms with Gasteiger partial charge in [-0.05, 0) is 25.7 Å². The summed E-state index contributed by atoms with van der Waals surface area (Å²) in [7, 11) is 1.79. The molecule has 1 aromatic rings. The summed E-state index contributed by atoms with van der Waals surface area (Å²) < 4.78 is 6.37. The van der Waals surface area contributed by atoms with Gasteiger partial charge in [0.1, 0.15) is 0 Å². The normalized spacial score (nSPS) is 26.7. The second-order valence-corrected chi connectivity index (χ2v) is 6.23. The summed E-state index contributed by atoms with van der Waals surface area (Å²) in [5, 5.41) is 9.00. The second kappa shape index (κ2) is 5.14. The van der Waals surface area contributed by atoms with Crippen molar-refractivity contribution in [2.24, 2.45) is 0 Å². The van der Waals surface area contributed by atoms with Crippen molar-refractivity contribution in [3.05, 3.63) is 0 Å². The quantitative estimate of drug-likeness (QED) is 0.884. The summed E-state index contributed by atoms with van der Waals surface area (Å²) in [5.41, 5.74) is 5.54. The van der Waals surface area contributed by atoms with Gasteiger partial charge in [-0.1, -0.05) is 23.1 Å². The van der Waals surface area contributed by atoms with Gasteiger partial charge in [0.05, 0.1) is 6.10 Å². The fourth-order valence-corrected chi connectivity index (χ4v) is 4.00. The molecule has 0 amide bonds. The minimum Gasteiger partial charge on any atom is -0.381 e. The summed E-state index contributed by atoms with van der Waals surface area (Å²) in [4.78, 5) is 0. The number of thioether (sulfide) groups is 1. The molecule has 2 N–H and O–H groups in total. The number of nitrogens with zero attached hydrogens (tertiary/aromatic N) is 2. The summed E-state index contributed by atoms with van der Waals surface area (Å²) in [6.45, 7) is 0. The van der Waals surface area contributed by atoms with E-state index in [1.54, 1.807) is 18.9 Å². The Morgan fingerprint density at radius 3 is 3.00 bits per heavy atom. The van der Waals surface area contributed by atoms with E-state index in [2.05, 4.69) is 10.2 Å². The van der Waals surface area contributed by atoms with Crippen molar-refractivity contribution in [1.29, 1.82) is 0 Å². The molecule has 1 aromatic heterocycles. The predicted molar refractivity (Wildman–Crippen MR) is 63.2 cm³/mol. The Balaban J connectivity index is 1.88. The van der Waals surface area contributed by atoms with Crippen LogP contribution in [0.2, 0.25) is 0 Å². The van der Waals surface area contributed by atoms with Gasteiger partial charge in [-0.3, -0.25) is 0 Å². The molecule has 1 saturated carbocycles. The van der Waals surface area contributed by atoms with Gasteiger partial charge in [0, 0.05) is 12.4 Å². The topological polar surface area (TPSA) is 61.0 Å². The SMILES string of the molecule is COC1CCCC(Sc2nnc(N)s2)C1. The average molecular weight is 245 g/mol. The highest BCUT2D eigenvalue weighted by molar-refractivity contribution is 8.01. The molecule has 0 aliphatic heterocycles. The molecule has 1 aliphatic rings. The number of methoxy groups -OCH3 is 1. The maximum Gasteiger partial charge on any atom is 0.203 e. The molecule has 2 unspecified atom stereocenters. The number of nitrogen functional groups attached to an aromatic ring is 1. The molecule has 1 aliphatic carbocycles. The number of nitrogens with two attached hydrogens (primary N) is 1. The number of hydrogen-bond acceptors (Lipinski definition) is 6. The molecule has 0 bridgehead atoms. The van der Waals surface area contributed by atoms with Crippen LogP contribution in [0.1, 0.15) is 25.7 Å². The molecule has 1 heterocycles. The lowest BCUT2D eigenvalue weighted by atomic mass is 9.97. The minimum atomic E-state index is 0.418. The molecule has 15 heavy (non-hydrogen) atoms. The summed E-state index contributed by atoms with van der Waals surface area (Å²) in [6.07, 6.45) is 5.20. The van der Waals surface area contributed by atoms with Crippen molar-refractivity contribution in [1.82, 2.24) is 10.2 Å². The van der Waals surface area contributed by atoms with Crippen molar-refractivity contribution >= 4 is 28.2 Å². The van der Waals surface area contributed by atoms with Crippen molar-refractivity contribution in [3.63, 3.8) is 0 Å². The van der Waals surface area contributed by atoms with Crippen LogP contribution in [0.5, 0.6) is 0 Å². The van der Waals surface area contributed by atoms with E-state index in [-0.39, 0.29) is 0 Å². The summed E-state index contributed by atoms with van der Waals surface area (Å²) >= 11 is 3.26. The number of rotatable bonds is 3. The third-order valence-corrected chi connectivity index (χ3v) is 4.73. The van der Waals surface area contributed by atoms with Crippen molar-refractivity contribution < 1.29 is 4.74 Å². The second-order valence-electron chi connectivity index (χ2n) is 3.67. The first-order valence-electron chi connectivity index (χ1n) is 5.06. The molecule has 0 saturated heterocycles. The van der Waals surface area contributed by atoms with Gasteiger partial charge in [0.2, 0.25) is 5.13 Å². The Morgan fingerprint density at radius 1 is 1.47 bits per heavy atom. The molecule has 0 aromatic carbocycles. The molecule has 1 fully saturated rings. The fourth-order valence-electron chi connectivity index (χ4n) is 1.83. The molecule has 0 radical (unpaired) electrons. The third-order valence-electron chi connectivity index (χ3n) is 2.60. The van der Waals surface area contributed by atoms with Gasteiger partial charge < -0.3 is 10.5 Å². The van der Waals surface area contributed by atoms with E-state index in [4.69, 9.17) is 10.5 Å². The lowest BCUT2D eigenvalue weighted by molar-refractivity contribution is 0.0730. The predicted octanol–water partition coefficient (Wildman–Crippen LogP) is 2.17. The fraction of sp³-hybridized carbons (Fsp3) is 0.778. The van der Waals surface area contributed by atoms with E-state index in [0.29, 0.717) is 16.5 Å². The van der Waals surface area contributed by atoms with Gasteiger partial charge in [-0.25, -0.2) is 0 Å². The van der Waals surface area contributed by atoms with Crippen LogP contribution >= 0.6 is 23.1 Å². The smallest absolute Gasteiger partial charge is 0.203 e. The molecular formula is C9H15N3OS2. The largest absolute Gasteiger partial charge is 0.381 e. The maximum atomic E-state index is 5.54. The first-order chi connectivity index (χ1) is 7.28. The molecule has 2 atom stereocenters. The highest BCUT2D eigenvalue weighted by Gasteiger charge is 2.23. The highest BCUT2D eigenvalue weighted by atomic mass is 32.2. The zero-order valence-corrected chi connectivity index (χ0v) is 10.3. The number of aromatic nitrogens is 2. The van der Waals surface area contributed by atoms with E-state index in [9.17, 15) is 0 Å². The van der Waals surface area contributed by atoms with Gasteiger partial charge in [-0.2, -0.15) is 0 Å². The molecular weight excluding hydrogens is 230 g/mol. The zero-order chi connectivity index (χ0) is 10.7. The Kier molecular flexibility index (Phi) is 3.82.